The highest BCUT2D eigenvalue weighted by atomic mass is 31.2. The smallest absolute Gasteiger partial charge is 0.159 e. The maximum Gasteiger partial charge on any atom is 0.159 e. The molecule has 39 heavy (non-hydrogen) atoms. The van der Waals surface area contributed by atoms with E-state index in [9.17, 15) is 14.4 Å². The van der Waals surface area contributed by atoms with Crippen LogP contribution in [0.3, 0.4) is 0 Å². The van der Waals surface area contributed by atoms with E-state index in [4.69, 9.17) is 0 Å². The number of hydrogen-bond acceptors (Lipinski definition) is 3. The van der Waals surface area contributed by atoms with E-state index in [2.05, 4.69) is 6.07 Å². The summed E-state index contributed by atoms with van der Waals surface area (Å²) in [7, 11) is -6.35. The largest absolute Gasteiger partial charge is 0.313 e. The monoisotopic (exact) mass is 545 g/mol. The Kier molecular flexibility index (Phi) is 8.09. The van der Waals surface area contributed by atoms with Crippen LogP contribution in [0.5, 0.6) is 0 Å². The van der Waals surface area contributed by atoms with Crippen molar-refractivity contribution >= 4 is 35.5 Å². The van der Waals surface area contributed by atoms with Crippen molar-refractivity contribution in [2.75, 3.05) is 0 Å². The number of benzene rings is 5. The van der Waals surface area contributed by atoms with Crippen molar-refractivity contribution in [1.29, 1.82) is 5.26 Å². The maximum atomic E-state index is 14.9. The Bertz CT molecular complexity index is 1580. The van der Waals surface area contributed by atoms with Gasteiger partial charge >= 0.3 is 0 Å². The lowest BCUT2D eigenvalue weighted by Gasteiger charge is -2.26. The third kappa shape index (κ3) is 5.46. The lowest BCUT2D eigenvalue weighted by Crippen LogP contribution is -2.27. The van der Waals surface area contributed by atoms with Gasteiger partial charge in [0.05, 0.1) is 6.07 Å². The molecule has 1 unspecified atom stereocenters. The van der Waals surface area contributed by atoms with E-state index >= 15 is 0 Å². The third-order valence-electron chi connectivity index (χ3n) is 7.14. The van der Waals surface area contributed by atoms with E-state index in [1.54, 1.807) is 0 Å². The molecule has 0 radical (unpaired) electrons. The fourth-order valence-corrected chi connectivity index (χ4v) is 10.7. The van der Waals surface area contributed by atoms with E-state index in [1.165, 1.54) is 0 Å². The summed E-state index contributed by atoms with van der Waals surface area (Å²) in [6.07, 6.45) is 0.605. The van der Waals surface area contributed by atoms with Gasteiger partial charge in [-0.25, -0.2) is 0 Å². The van der Waals surface area contributed by atoms with Crippen LogP contribution in [-0.4, -0.2) is 5.66 Å². The minimum Gasteiger partial charge on any atom is -0.313 e. The van der Waals surface area contributed by atoms with Crippen LogP contribution < -0.4 is 21.2 Å². The average Bonchev–Trinajstić information content (AvgIpc) is 3.02. The summed E-state index contributed by atoms with van der Waals surface area (Å²) in [6.45, 7) is 0. The summed E-state index contributed by atoms with van der Waals surface area (Å²) in [4.78, 5) is 0. The molecule has 192 valence electrons. The lowest BCUT2D eigenvalue weighted by atomic mass is 10.0. The normalized spacial score (nSPS) is 12.4. The molecule has 0 spiro atoms. The number of rotatable bonds is 9. The Hall–Kier alpha value is -3.95. The van der Waals surface area contributed by atoms with Crippen molar-refractivity contribution in [2.45, 2.75) is 18.2 Å². The minimum atomic E-state index is -3.32. The lowest BCUT2D eigenvalue weighted by molar-refractivity contribution is 0.582. The molecule has 0 aromatic heterocycles. The zero-order valence-electron chi connectivity index (χ0n) is 21.5. The zero-order valence-corrected chi connectivity index (χ0v) is 23.3. The summed E-state index contributed by atoms with van der Waals surface area (Å²) < 4.78 is 29.7. The van der Waals surface area contributed by atoms with E-state index < -0.39 is 19.9 Å². The number of nitriles is 1. The molecule has 0 amide bonds. The van der Waals surface area contributed by atoms with Gasteiger partial charge in [-0.2, -0.15) is 5.26 Å². The van der Waals surface area contributed by atoms with Gasteiger partial charge in [0.25, 0.3) is 0 Å². The van der Waals surface area contributed by atoms with Crippen molar-refractivity contribution in [2.24, 2.45) is 0 Å². The van der Waals surface area contributed by atoms with Crippen LogP contribution in [0, 0.1) is 11.3 Å². The van der Waals surface area contributed by atoms with Crippen molar-refractivity contribution in [1.82, 2.24) is 0 Å². The maximum absolute atomic E-state index is 14.9. The van der Waals surface area contributed by atoms with Crippen LogP contribution in [0.1, 0.15) is 11.1 Å². The first-order valence-electron chi connectivity index (χ1n) is 12.9. The molecule has 0 saturated heterocycles. The topological polar surface area (TPSA) is 57.9 Å². The molecule has 5 aromatic rings. The molecular weight excluding hydrogens is 516 g/mol. The van der Waals surface area contributed by atoms with E-state index in [0.717, 1.165) is 21.7 Å². The standard InChI is InChI=1S/C34H29NO2P2/c35-26-34(39(37,32-21-9-3-10-22-32)33-23-11-4-12-24-33)25-28-15-13-14-16-29(28)27-38(36,30-17-5-1-6-18-30)31-19-7-2-8-20-31/h1-24,34H,25,27H2. The first-order chi connectivity index (χ1) is 19.1. The predicted molar refractivity (Wildman–Crippen MR) is 163 cm³/mol. The summed E-state index contributed by atoms with van der Waals surface area (Å²) in [5, 5.41) is 13.4. The second-order valence-corrected chi connectivity index (χ2v) is 15.3. The molecule has 0 N–H and O–H groups in total. The van der Waals surface area contributed by atoms with Gasteiger partial charge in [-0.3, -0.25) is 0 Å². The van der Waals surface area contributed by atoms with Crippen LogP contribution in [0.4, 0.5) is 0 Å². The van der Waals surface area contributed by atoms with Gasteiger partial charge in [0, 0.05) is 27.4 Å². The molecule has 5 heteroatoms. The first-order valence-corrected chi connectivity index (χ1v) is 16.6. The molecule has 5 aromatic carbocycles. The molecule has 1 atom stereocenters. The molecule has 3 nitrogen and oxygen atoms in total. The molecular formula is C34H29NO2P2. The molecule has 0 heterocycles. The van der Waals surface area contributed by atoms with Gasteiger partial charge in [-0.05, 0) is 17.5 Å². The van der Waals surface area contributed by atoms with Crippen LogP contribution in [0.2, 0.25) is 0 Å². The summed E-state index contributed by atoms with van der Waals surface area (Å²) in [6, 6.07) is 48.1. The summed E-state index contributed by atoms with van der Waals surface area (Å²) in [5.74, 6) is 0. The minimum absolute atomic E-state index is 0.289. The summed E-state index contributed by atoms with van der Waals surface area (Å²) >= 11 is 0. The second-order valence-electron chi connectivity index (χ2n) is 9.52. The van der Waals surface area contributed by atoms with Crippen molar-refractivity contribution in [3.63, 3.8) is 0 Å². The van der Waals surface area contributed by atoms with Gasteiger partial charge in [0.15, 0.2) is 7.14 Å². The van der Waals surface area contributed by atoms with Crippen LogP contribution >= 0.6 is 14.3 Å². The molecule has 0 aliphatic rings. The quantitative estimate of drug-likeness (QED) is 0.195. The predicted octanol–water partition coefficient (Wildman–Crippen LogP) is 6.65. The second kappa shape index (κ2) is 11.8. The van der Waals surface area contributed by atoms with Crippen molar-refractivity contribution in [3.05, 3.63) is 157 Å². The van der Waals surface area contributed by atoms with Crippen LogP contribution in [0.25, 0.3) is 0 Å². The van der Waals surface area contributed by atoms with Crippen LogP contribution in [-0.2, 0) is 21.7 Å². The Labute approximate surface area is 230 Å². The van der Waals surface area contributed by atoms with E-state index in [1.807, 2.05) is 146 Å². The molecule has 0 saturated carbocycles. The number of hydrogen-bond donors (Lipinski definition) is 0. The van der Waals surface area contributed by atoms with Gasteiger partial charge in [0.1, 0.15) is 12.8 Å². The SMILES string of the molecule is N#CC(Cc1ccccc1CP(=O)(c1ccccc1)c1ccccc1)P(=O)(c1ccccc1)c1ccccc1. The molecule has 0 aliphatic heterocycles. The molecule has 5 rings (SSSR count). The van der Waals surface area contributed by atoms with Crippen molar-refractivity contribution < 1.29 is 9.13 Å². The average molecular weight is 546 g/mol. The Balaban J connectivity index is 1.58. The fraction of sp³-hybridized carbons (Fsp3) is 0.0882. The van der Waals surface area contributed by atoms with Crippen molar-refractivity contribution in [3.8, 4) is 6.07 Å². The van der Waals surface area contributed by atoms with Crippen LogP contribution in [0.15, 0.2) is 146 Å². The molecule has 0 aliphatic carbocycles. The highest BCUT2D eigenvalue weighted by Crippen LogP contribution is 2.51. The van der Waals surface area contributed by atoms with E-state index in [0.29, 0.717) is 16.8 Å². The van der Waals surface area contributed by atoms with E-state index in [-0.39, 0.29) is 6.42 Å². The third-order valence-corrected chi connectivity index (χ3v) is 13.5. The van der Waals surface area contributed by atoms with Gasteiger partial charge in [-0.15, -0.1) is 0 Å². The van der Waals surface area contributed by atoms with Gasteiger partial charge < -0.3 is 9.13 Å². The highest BCUT2D eigenvalue weighted by Gasteiger charge is 2.38. The first kappa shape index (κ1) is 26.6. The number of nitrogens with zero attached hydrogens (tertiary/aromatic N) is 1. The van der Waals surface area contributed by atoms with Gasteiger partial charge in [0.2, 0.25) is 0 Å². The Morgan fingerprint density at radius 3 is 1.28 bits per heavy atom. The Morgan fingerprint density at radius 1 is 0.513 bits per heavy atom. The van der Waals surface area contributed by atoms with Gasteiger partial charge in [-0.1, -0.05) is 146 Å². The fourth-order valence-electron chi connectivity index (χ4n) is 5.09. The Morgan fingerprint density at radius 2 is 0.872 bits per heavy atom. The molecule has 0 bridgehead atoms. The zero-order chi connectivity index (χ0) is 27.1. The summed E-state index contributed by atoms with van der Waals surface area (Å²) in [5.41, 5.74) is 1.01. The highest BCUT2D eigenvalue weighted by molar-refractivity contribution is 7.79. The molecule has 0 fully saturated rings.